The molecular weight excluding hydrogens is 863 g/mol. The summed E-state index contributed by atoms with van der Waals surface area (Å²) in [4.78, 5) is 87.6. The average Bonchev–Trinajstić information content (AvgIpc) is 3.26. The lowest BCUT2D eigenvalue weighted by atomic mass is 9.60. The summed E-state index contributed by atoms with van der Waals surface area (Å²) in [6, 6.07) is 15.0. The van der Waals surface area contributed by atoms with Gasteiger partial charge in [0.15, 0.2) is 0 Å². The number of ether oxygens (including phenoxy) is 2. The fourth-order valence-corrected chi connectivity index (χ4v) is 9.63. The molecule has 2 aromatic rings. The van der Waals surface area contributed by atoms with Gasteiger partial charge >= 0.3 is 12.2 Å². The van der Waals surface area contributed by atoms with E-state index in [-0.39, 0.29) is 36.5 Å². The van der Waals surface area contributed by atoms with Crippen LogP contribution in [0.2, 0.25) is 0 Å². The van der Waals surface area contributed by atoms with Gasteiger partial charge in [0.1, 0.15) is 35.4 Å². The Morgan fingerprint density at radius 2 is 1.10 bits per heavy atom. The summed E-state index contributed by atoms with van der Waals surface area (Å²) in [5.74, 6) is -1.85. The predicted molar refractivity (Wildman–Crippen MR) is 263 cm³/mol. The molecule has 376 valence electrons. The van der Waals surface area contributed by atoms with Crippen LogP contribution in [0.25, 0.3) is 0 Å². The Balaban J connectivity index is 1.30. The van der Waals surface area contributed by atoms with Crippen LogP contribution in [0.5, 0.6) is 0 Å². The van der Waals surface area contributed by atoms with Crippen LogP contribution < -0.4 is 26.6 Å². The van der Waals surface area contributed by atoms with Gasteiger partial charge in [-0.2, -0.15) is 0 Å². The monoisotopic (exact) mass is 944 g/mol. The van der Waals surface area contributed by atoms with Gasteiger partial charge in [-0.15, -0.1) is 0 Å². The number of nitrogens with one attached hydrogen (secondary N) is 5. The number of carbonyl (C=O) groups excluding carboxylic acids is 6. The number of carbonyl (C=O) groups is 6. The normalized spacial score (nSPS) is 18.3. The molecule has 0 aromatic heterocycles. The van der Waals surface area contributed by atoms with E-state index >= 15 is 0 Å². The highest BCUT2D eigenvalue weighted by Crippen LogP contribution is 2.51. The van der Waals surface area contributed by atoms with Crippen molar-refractivity contribution < 1.29 is 38.2 Å². The highest BCUT2D eigenvalue weighted by Gasteiger charge is 2.48. The van der Waals surface area contributed by atoms with Gasteiger partial charge in [-0.1, -0.05) is 80.9 Å². The average molecular weight is 944 g/mol. The lowest BCUT2D eigenvalue weighted by Gasteiger charge is -2.56. The van der Waals surface area contributed by atoms with Crippen LogP contribution in [0.1, 0.15) is 137 Å². The van der Waals surface area contributed by atoms with Crippen molar-refractivity contribution in [1.29, 1.82) is 0 Å². The van der Waals surface area contributed by atoms with Crippen LogP contribution in [0.15, 0.2) is 60.7 Å². The third kappa shape index (κ3) is 17.7. The first kappa shape index (κ1) is 53.8. The lowest BCUT2D eigenvalue weighted by molar-refractivity contribution is -0.141. The number of alkyl carbamates (subject to hydrolysis) is 2. The Bertz CT molecular complexity index is 1950. The lowest BCUT2D eigenvalue weighted by Crippen LogP contribution is -2.60. The third-order valence-corrected chi connectivity index (χ3v) is 13.1. The molecule has 1 spiro atoms. The van der Waals surface area contributed by atoms with Crippen molar-refractivity contribution in [1.82, 2.24) is 36.4 Å². The van der Waals surface area contributed by atoms with Gasteiger partial charge < -0.3 is 45.9 Å². The van der Waals surface area contributed by atoms with E-state index in [0.29, 0.717) is 44.9 Å². The maximum Gasteiger partial charge on any atom is 0.408 e. The molecule has 3 fully saturated rings. The molecule has 15 nitrogen and oxygen atoms in total. The molecule has 2 saturated heterocycles. The molecule has 1 aliphatic carbocycles. The van der Waals surface area contributed by atoms with Crippen molar-refractivity contribution in [3.05, 3.63) is 71.8 Å². The molecule has 15 heteroatoms. The SMILES string of the molecule is CC(C)C[C@@H](NC(=O)[C@@H](Cc1ccccc1)NC(=O)[C@@H](Cc1ccccc1)NC(=O)OC(C)(C)C)C(=O)N[C@H](CCCCNC(=O)OC(C)(C)C)C(=O)N1CCC2(CC1)CC(N1CCCCC1)C2. The first-order valence-corrected chi connectivity index (χ1v) is 25.2. The molecular formula is C53H81N7O8. The number of likely N-dealkylation sites (tertiary alicyclic amines) is 2. The van der Waals surface area contributed by atoms with E-state index in [4.69, 9.17) is 9.47 Å². The zero-order chi connectivity index (χ0) is 49.5. The fourth-order valence-electron chi connectivity index (χ4n) is 9.63. The minimum atomic E-state index is -1.14. The summed E-state index contributed by atoms with van der Waals surface area (Å²) in [7, 11) is 0. The van der Waals surface area contributed by atoms with Crippen LogP contribution in [-0.2, 0) is 41.5 Å². The number of unbranched alkanes of at least 4 members (excludes halogenated alkanes) is 1. The topological polar surface area (TPSA) is 188 Å². The second kappa shape index (κ2) is 24.9. The van der Waals surface area contributed by atoms with E-state index in [1.165, 1.54) is 45.2 Å². The molecule has 2 aliphatic heterocycles. The smallest absolute Gasteiger partial charge is 0.408 e. The Morgan fingerprint density at radius 3 is 1.63 bits per heavy atom. The maximum absolute atomic E-state index is 14.5. The van der Waals surface area contributed by atoms with Gasteiger partial charge in [0.2, 0.25) is 23.6 Å². The van der Waals surface area contributed by atoms with Crippen molar-refractivity contribution in [3.63, 3.8) is 0 Å². The molecule has 0 unspecified atom stereocenters. The first-order chi connectivity index (χ1) is 32.2. The molecule has 6 amide bonds. The van der Waals surface area contributed by atoms with Gasteiger partial charge in [-0.05, 0) is 141 Å². The second-order valence-electron chi connectivity index (χ2n) is 21.8. The Morgan fingerprint density at radius 1 is 0.618 bits per heavy atom. The first-order valence-electron chi connectivity index (χ1n) is 25.2. The fraction of sp³-hybridized carbons (Fsp3) is 0.660. The van der Waals surface area contributed by atoms with E-state index in [1.54, 1.807) is 41.5 Å². The van der Waals surface area contributed by atoms with Crippen molar-refractivity contribution in [3.8, 4) is 0 Å². The molecule has 5 N–H and O–H groups in total. The van der Waals surface area contributed by atoms with Crippen LogP contribution >= 0.6 is 0 Å². The maximum atomic E-state index is 14.5. The molecule has 68 heavy (non-hydrogen) atoms. The highest BCUT2D eigenvalue weighted by molar-refractivity contribution is 5.95. The van der Waals surface area contributed by atoms with Gasteiger partial charge in [-0.3, -0.25) is 19.2 Å². The summed E-state index contributed by atoms with van der Waals surface area (Å²) in [6.45, 7) is 18.5. The number of hydrogen-bond donors (Lipinski definition) is 5. The van der Waals surface area contributed by atoms with Crippen LogP contribution in [0.3, 0.4) is 0 Å². The minimum Gasteiger partial charge on any atom is -0.444 e. The Hall–Kier alpha value is -5.18. The third-order valence-electron chi connectivity index (χ3n) is 13.1. The largest absolute Gasteiger partial charge is 0.444 e. The van der Waals surface area contributed by atoms with E-state index in [0.717, 1.165) is 24.0 Å². The number of piperidine rings is 2. The molecule has 2 aromatic carbocycles. The number of amides is 6. The van der Waals surface area contributed by atoms with E-state index < -0.39 is 65.3 Å². The number of rotatable bonds is 20. The number of benzene rings is 2. The minimum absolute atomic E-state index is 0.0240. The Kier molecular flexibility index (Phi) is 19.7. The number of hydrogen-bond acceptors (Lipinski definition) is 9. The van der Waals surface area contributed by atoms with Gasteiger partial charge in [0, 0.05) is 38.5 Å². The molecule has 0 bridgehead atoms. The summed E-state index contributed by atoms with van der Waals surface area (Å²) in [6.07, 6.45) is 8.72. The highest BCUT2D eigenvalue weighted by atomic mass is 16.6. The van der Waals surface area contributed by atoms with Gasteiger partial charge in [0.25, 0.3) is 0 Å². The van der Waals surface area contributed by atoms with Crippen LogP contribution in [0, 0.1) is 11.3 Å². The van der Waals surface area contributed by atoms with Gasteiger partial charge in [0.05, 0.1) is 0 Å². The zero-order valence-electron chi connectivity index (χ0n) is 42.1. The summed E-state index contributed by atoms with van der Waals surface area (Å²) in [5, 5.41) is 14.4. The molecule has 2 heterocycles. The van der Waals surface area contributed by atoms with E-state index in [1.807, 2.05) is 79.4 Å². The van der Waals surface area contributed by atoms with Crippen molar-refractivity contribution in [2.75, 3.05) is 32.7 Å². The van der Waals surface area contributed by atoms with Crippen molar-refractivity contribution in [2.45, 2.75) is 180 Å². The van der Waals surface area contributed by atoms with Crippen LogP contribution in [0.4, 0.5) is 9.59 Å². The zero-order valence-corrected chi connectivity index (χ0v) is 42.1. The van der Waals surface area contributed by atoms with E-state index in [2.05, 4.69) is 31.5 Å². The second-order valence-corrected chi connectivity index (χ2v) is 21.8. The standard InChI is InChI=1S/C53H81N7O8/c1-37(2)32-42(56-46(62)43(33-38-20-12-9-13-21-38)57-47(63)44(34-39-22-14-10-15-23-39)58-50(66)68-52(6,7)8)45(61)55-41(24-16-17-27-54-49(65)67-51(3,4)5)48(64)60-30-25-53(26-31-60)35-40(36-53)59-28-18-11-19-29-59/h9-10,12-15,20-23,37,40-44H,11,16-19,24-36H2,1-8H3,(H,54,65)(H,55,61)(H,56,62)(H,57,63)(H,58,66)/t41-,42-,43-,44-/m1/s1. The Labute approximate surface area is 405 Å². The van der Waals surface area contributed by atoms with E-state index in [9.17, 15) is 28.8 Å². The summed E-state index contributed by atoms with van der Waals surface area (Å²) in [5.41, 5.74) is 0.378. The number of nitrogens with zero attached hydrogens (tertiary/aromatic N) is 2. The van der Waals surface area contributed by atoms with Crippen LogP contribution in [-0.4, -0.2) is 120 Å². The molecule has 4 atom stereocenters. The molecule has 1 saturated carbocycles. The quantitative estimate of drug-likeness (QED) is 0.0889. The molecule has 5 rings (SSSR count). The summed E-state index contributed by atoms with van der Waals surface area (Å²) < 4.78 is 10.9. The predicted octanol–water partition coefficient (Wildman–Crippen LogP) is 6.82. The summed E-state index contributed by atoms with van der Waals surface area (Å²) >= 11 is 0. The van der Waals surface area contributed by atoms with Crippen molar-refractivity contribution >= 4 is 35.8 Å². The van der Waals surface area contributed by atoms with Gasteiger partial charge in [-0.25, -0.2) is 9.59 Å². The molecule has 3 aliphatic rings. The molecule has 0 radical (unpaired) electrons. The van der Waals surface area contributed by atoms with Crippen molar-refractivity contribution in [2.24, 2.45) is 11.3 Å².